The van der Waals surface area contributed by atoms with Crippen molar-refractivity contribution in [3.63, 3.8) is 0 Å². The molecule has 0 spiro atoms. The average molecular weight is 213 g/mol. The van der Waals surface area contributed by atoms with Gasteiger partial charge in [0.25, 0.3) is 0 Å². The van der Waals surface area contributed by atoms with Gasteiger partial charge in [0.15, 0.2) is 0 Å². The van der Waals surface area contributed by atoms with Crippen LogP contribution in [-0.4, -0.2) is 46.7 Å². The molecule has 15 heavy (non-hydrogen) atoms. The van der Waals surface area contributed by atoms with Crippen LogP contribution < -0.4 is 0 Å². The van der Waals surface area contributed by atoms with Crippen LogP contribution in [0, 0.1) is 11.8 Å². The second-order valence-corrected chi connectivity index (χ2v) is 3.73. The smallest absolute Gasteiger partial charge is 0.308 e. The van der Waals surface area contributed by atoms with Crippen molar-refractivity contribution in [1.29, 1.82) is 0 Å². The third-order valence-electron chi connectivity index (χ3n) is 2.72. The Morgan fingerprint density at radius 1 is 1.33 bits per heavy atom. The van der Waals surface area contributed by atoms with Crippen molar-refractivity contribution < 1.29 is 19.8 Å². The molecule has 0 aromatic carbocycles. The number of likely N-dealkylation sites (tertiary alicyclic amines) is 1. The maximum absolute atomic E-state index is 10.9. The Labute approximate surface area is 88.0 Å². The van der Waals surface area contributed by atoms with E-state index in [0.717, 1.165) is 0 Å². The van der Waals surface area contributed by atoms with Crippen molar-refractivity contribution in [3.8, 4) is 0 Å². The fourth-order valence-corrected chi connectivity index (χ4v) is 1.91. The summed E-state index contributed by atoms with van der Waals surface area (Å²) in [5.74, 6) is -3.61. The first-order valence-corrected chi connectivity index (χ1v) is 4.85. The van der Waals surface area contributed by atoms with Gasteiger partial charge in [-0.3, -0.25) is 14.5 Å². The van der Waals surface area contributed by atoms with Gasteiger partial charge in [0.1, 0.15) is 0 Å². The van der Waals surface area contributed by atoms with E-state index in [2.05, 4.69) is 6.58 Å². The number of carbonyl (C=O) groups is 2. The monoisotopic (exact) mass is 213 g/mol. The van der Waals surface area contributed by atoms with Gasteiger partial charge >= 0.3 is 11.9 Å². The molecule has 1 rings (SSSR count). The van der Waals surface area contributed by atoms with Crippen LogP contribution in [0.5, 0.6) is 0 Å². The second kappa shape index (κ2) is 4.93. The van der Waals surface area contributed by atoms with Crippen LogP contribution in [0.25, 0.3) is 0 Å². The van der Waals surface area contributed by atoms with Crippen LogP contribution in [-0.2, 0) is 9.59 Å². The Balaban J connectivity index is 2.69. The van der Waals surface area contributed by atoms with E-state index in [9.17, 15) is 9.59 Å². The topological polar surface area (TPSA) is 77.8 Å². The van der Waals surface area contributed by atoms with Gasteiger partial charge in [-0.1, -0.05) is 6.08 Å². The third-order valence-corrected chi connectivity index (χ3v) is 2.72. The molecule has 5 nitrogen and oxygen atoms in total. The van der Waals surface area contributed by atoms with Gasteiger partial charge < -0.3 is 10.2 Å². The van der Waals surface area contributed by atoms with E-state index in [1.807, 2.05) is 4.90 Å². The number of carboxylic acid groups (broad SMARTS) is 2. The van der Waals surface area contributed by atoms with E-state index in [-0.39, 0.29) is 0 Å². The normalized spacial score (nSPS) is 27.2. The molecule has 0 radical (unpaired) electrons. The molecule has 1 saturated heterocycles. The van der Waals surface area contributed by atoms with E-state index in [1.165, 1.54) is 0 Å². The lowest BCUT2D eigenvalue weighted by Gasteiger charge is -2.33. The Bertz CT molecular complexity index is 277. The highest BCUT2D eigenvalue weighted by Gasteiger charge is 2.38. The van der Waals surface area contributed by atoms with Crippen molar-refractivity contribution in [3.05, 3.63) is 12.7 Å². The molecule has 1 fully saturated rings. The van der Waals surface area contributed by atoms with E-state index in [4.69, 9.17) is 10.2 Å². The largest absolute Gasteiger partial charge is 0.481 e. The SMILES string of the molecule is C=CCN1CCC(C(=O)O)C(C(=O)O)C1. The molecule has 2 N–H and O–H groups in total. The van der Waals surface area contributed by atoms with Crippen LogP contribution in [0.2, 0.25) is 0 Å². The molecule has 2 atom stereocenters. The molecule has 0 aliphatic carbocycles. The standard InChI is InChI=1S/C10H15NO4/c1-2-4-11-5-3-7(9(12)13)8(6-11)10(14)15/h2,7-8H,1,3-6H2,(H,12,13)(H,14,15). The summed E-state index contributed by atoms with van der Waals surface area (Å²) >= 11 is 0. The number of piperidine rings is 1. The van der Waals surface area contributed by atoms with Gasteiger partial charge in [0, 0.05) is 13.1 Å². The highest BCUT2D eigenvalue weighted by Crippen LogP contribution is 2.24. The Kier molecular flexibility index (Phi) is 3.85. The molecule has 2 unspecified atom stereocenters. The maximum Gasteiger partial charge on any atom is 0.308 e. The lowest BCUT2D eigenvalue weighted by molar-refractivity contribution is -0.157. The summed E-state index contributed by atoms with van der Waals surface area (Å²) in [5, 5.41) is 17.8. The summed E-state index contributed by atoms with van der Waals surface area (Å²) in [5.41, 5.74) is 0. The van der Waals surface area contributed by atoms with Crippen molar-refractivity contribution in [2.45, 2.75) is 6.42 Å². The van der Waals surface area contributed by atoms with Gasteiger partial charge in [0.2, 0.25) is 0 Å². The minimum atomic E-state index is -1.03. The van der Waals surface area contributed by atoms with Gasteiger partial charge in [-0.2, -0.15) is 0 Å². The predicted molar refractivity (Wildman–Crippen MR) is 53.5 cm³/mol. The Hall–Kier alpha value is -1.36. The van der Waals surface area contributed by atoms with Gasteiger partial charge in [0.05, 0.1) is 11.8 Å². The first kappa shape index (κ1) is 11.7. The van der Waals surface area contributed by atoms with E-state index in [1.54, 1.807) is 6.08 Å². The summed E-state index contributed by atoms with van der Waals surface area (Å²) in [6.07, 6.45) is 2.08. The van der Waals surface area contributed by atoms with Crippen molar-refractivity contribution >= 4 is 11.9 Å². The third kappa shape index (κ3) is 2.79. The minimum absolute atomic E-state index is 0.290. The number of hydrogen-bond donors (Lipinski definition) is 2. The Morgan fingerprint density at radius 2 is 1.93 bits per heavy atom. The molecule has 0 bridgehead atoms. The van der Waals surface area contributed by atoms with Gasteiger partial charge in [-0.15, -0.1) is 6.58 Å². The van der Waals surface area contributed by atoms with Crippen LogP contribution >= 0.6 is 0 Å². The first-order valence-electron chi connectivity index (χ1n) is 4.85. The molecule has 1 aliphatic rings. The summed E-state index contributed by atoms with van der Waals surface area (Å²) in [6, 6.07) is 0. The summed E-state index contributed by atoms with van der Waals surface area (Å²) in [6.45, 7) is 5.09. The lowest BCUT2D eigenvalue weighted by Crippen LogP contribution is -2.46. The highest BCUT2D eigenvalue weighted by molar-refractivity contribution is 5.80. The lowest BCUT2D eigenvalue weighted by atomic mass is 9.85. The molecule has 0 amide bonds. The van der Waals surface area contributed by atoms with Crippen molar-refractivity contribution in [2.75, 3.05) is 19.6 Å². The maximum atomic E-state index is 10.9. The molecular weight excluding hydrogens is 198 g/mol. The summed E-state index contributed by atoms with van der Waals surface area (Å²) < 4.78 is 0. The second-order valence-electron chi connectivity index (χ2n) is 3.73. The zero-order valence-electron chi connectivity index (χ0n) is 8.43. The molecule has 0 aromatic rings. The molecule has 1 aliphatic heterocycles. The van der Waals surface area contributed by atoms with E-state index >= 15 is 0 Å². The Morgan fingerprint density at radius 3 is 2.40 bits per heavy atom. The van der Waals surface area contributed by atoms with Crippen LogP contribution in [0.15, 0.2) is 12.7 Å². The quantitative estimate of drug-likeness (QED) is 0.656. The molecule has 1 heterocycles. The van der Waals surface area contributed by atoms with E-state index < -0.39 is 23.8 Å². The van der Waals surface area contributed by atoms with Crippen LogP contribution in [0.4, 0.5) is 0 Å². The fourth-order valence-electron chi connectivity index (χ4n) is 1.91. The zero-order valence-corrected chi connectivity index (χ0v) is 8.43. The minimum Gasteiger partial charge on any atom is -0.481 e. The molecule has 0 saturated carbocycles. The molecular formula is C10H15NO4. The van der Waals surface area contributed by atoms with Crippen LogP contribution in [0.3, 0.4) is 0 Å². The number of hydrogen-bond acceptors (Lipinski definition) is 3. The zero-order chi connectivity index (χ0) is 11.4. The average Bonchev–Trinajstić information content (AvgIpc) is 2.17. The molecule has 84 valence electrons. The van der Waals surface area contributed by atoms with E-state index in [0.29, 0.717) is 26.1 Å². The predicted octanol–water partition coefficient (Wildman–Crippen LogP) is 0.280. The fraction of sp³-hybridized carbons (Fsp3) is 0.600. The van der Waals surface area contributed by atoms with Gasteiger partial charge in [-0.05, 0) is 13.0 Å². The van der Waals surface area contributed by atoms with Crippen molar-refractivity contribution in [1.82, 2.24) is 4.90 Å². The summed E-state index contributed by atoms with van der Waals surface area (Å²) in [4.78, 5) is 23.6. The number of rotatable bonds is 4. The number of nitrogens with zero attached hydrogens (tertiary/aromatic N) is 1. The van der Waals surface area contributed by atoms with Crippen LogP contribution in [0.1, 0.15) is 6.42 Å². The van der Waals surface area contributed by atoms with Crippen molar-refractivity contribution in [2.24, 2.45) is 11.8 Å². The highest BCUT2D eigenvalue weighted by atomic mass is 16.4. The first-order chi connectivity index (χ1) is 7.06. The molecule has 5 heteroatoms. The number of aliphatic carboxylic acids is 2. The summed E-state index contributed by atoms with van der Waals surface area (Å²) in [7, 11) is 0. The van der Waals surface area contributed by atoms with Gasteiger partial charge in [-0.25, -0.2) is 0 Å². The molecule has 0 aromatic heterocycles. The number of carboxylic acids is 2.